The molecule has 2 rings (SSSR count). The van der Waals surface area contributed by atoms with Crippen LogP contribution in [-0.2, 0) is 16.6 Å². The molecule has 0 fully saturated rings. The average Bonchev–Trinajstić information content (AvgIpc) is 2.46. The minimum atomic E-state index is -3.52. The van der Waals surface area contributed by atoms with E-state index in [9.17, 15) is 8.42 Å². The molecule has 0 saturated carbocycles. The molecule has 0 radical (unpaired) electrons. The Morgan fingerprint density at radius 1 is 0.875 bits per heavy atom. The topological polar surface area (TPSA) is 40.6 Å². The van der Waals surface area contributed by atoms with E-state index in [2.05, 4.69) is 0 Å². The van der Waals surface area contributed by atoms with Crippen LogP contribution in [0.3, 0.4) is 0 Å². The van der Waals surface area contributed by atoms with E-state index in [1.54, 1.807) is 7.05 Å². The van der Waals surface area contributed by atoms with Gasteiger partial charge in [-0.15, -0.1) is 0 Å². The van der Waals surface area contributed by atoms with E-state index < -0.39 is 10.0 Å². The third-order valence-corrected chi connectivity index (χ3v) is 6.24. The predicted octanol–water partition coefficient (Wildman–Crippen LogP) is 3.50. The Bertz CT molecular complexity index is 802. The second-order valence-corrected chi connectivity index (χ2v) is 8.53. The van der Waals surface area contributed by atoms with Crippen LogP contribution in [0.5, 0.6) is 0 Å². The van der Waals surface area contributed by atoms with Crippen molar-refractivity contribution in [1.29, 1.82) is 0 Å². The first-order valence-electron chi connectivity index (χ1n) is 7.93. The lowest BCUT2D eigenvalue weighted by atomic mass is 10.1. The van der Waals surface area contributed by atoms with Crippen molar-refractivity contribution in [1.82, 2.24) is 4.31 Å². The number of hydrogen-bond donors (Lipinski definition) is 0. The third kappa shape index (κ3) is 3.79. The summed E-state index contributed by atoms with van der Waals surface area (Å²) < 4.78 is 27.4. The maximum atomic E-state index is 13.0. The van der Waals surface area contributed by atoms with Crippen LogP contribution in [0, 0.1) is 20.8 Å². The molecular weight excluding hydrogens is 320 g/mol. The lowest BCUT2D eigenvalue weighted by molar-refractivity contribution is 0.466. The Kier molecular flexibility index (Phi) is 5.35. The van der Waals surface area contributed by atoms with E-state index in [1.807, 2.05) is 76.2 Å². The zero-order valence-corrected chi connectivity index (χ0v) is 16.1. The van der Waals surface area contributed by atoms with Crippen molar-refractivity contribution >= 4 is 15.7 Å². The Morgan fingerprint density at radius 3 is 1.83 bits per heavy atom. The monoisotopic (exact) mass is 346 g/mol. The van der Waals surface area contributed by atoms with Gasteiger partial charge in [-0.3, -0.25) is 0 Å². The molecule has 0 aromatic heterocycles. The average molecular weight is 346 g/mol. The smallest absolute Gasteiger partial charge is 0.243 e. The fraction of sp³-hybridized carbons (Fsp3) is 0.368. The molecule has 0 saturated heterocycles. The summed E-state index contributed by atoms with van der Waals surface area (Å²) in [6.07, 6.45) is 0. The number of nitrogens with zero attached hydrogens (tertiary/aromatic N) is 2. The van der Waals surface area contributed by atoms with E-state index >= 15 is 0 Å². The molecule has 5 heteroatoms. The maximum Gasteiger partial charge on any atom is 0.243 e. The minimum absolute atomic E-state index is 0.350. The van der Waals surface area contributed by atoms with Gasteiger partial charge in [-0.2, -0.15) is 4.31 Å². The van der Waals surface area contributed by atoms with Crippen molar-refractivity contribution in [2.24, 2.45) is 0 Å². The molecule has 24 heavy (non-hydrogen) atoms. The van der Waals surface area contributed by atoms with E-state index in [4.69, 9.17) is 0 Å². The summed E-state index contributed by atoms with van der Waals surface area (Å²) >= 11 is 0. The highest BCUT2D eigenvalue weighted by Crippen LogP contribution is 2.25. The summed E-state index contributed by atoms with van der Waals surface area (Å²) in [5.41, 5.74) is 4.72. The van der Waals surface area contributed by atoms with Gasteiger partial charge in [0.2, 0.25) is 10.0 Å². The van der Waals surface area contributed by atoms with Crippen molar-refractivity contribution in [2.75, 3.05) is 26.0 Å². The van der Waals surface area contributed by atoms with Gasteiger partial charge in [0.05, 0.1) is 4.90 Å². The SMILES string of the molecule is Cc1cc(C)c(S(=O)(=O)N(C)Cc2ccc(N(C)C)cc2)c(C)c1. The highest BCUT2D eigenvalue weighted by atomic mass is 32.2. The van der Waals surface area contributed by atoms with Gasteiger partial charge in [-0.1, -0.05) is 29.8 Å². The Hall–Kier alpha value is -1.85. The first kappa shape index (κ1) is 18.5. The van der Waals surface area contributed by atoms with Crippen LogP contribution in [0.1, 0.15) is 22.3 Å². The van der Waals surface area contributed by atoms with E-state index in [0.717, 1.165) is 27.9 Å². The number of anilines is 1. The number of sulfonamides is 1. The van der Waals surface area contributed by atoms with Crippen LogP contribution in [-0.4, -0.2) is 33.9 Å². The van der Waals surface area contributed by atoms with Gasteiger partial charge < -0.3 is 4.90 Å². The molecule has 2 aromatic rings. The molecule has 0 heterocycles. The van der Waals surface area contributed by atoms with Crippen molar-refractivity contribution in [3.05, 3.63) is 58.7 Å². The van der Waals surface area contributed by atoms with Gasteiger partial charge in [0.15, 0.2) is 0 Å². The standard InChI is InChI=1S/C19H26N2O2S/c1-14-11-15(2)19(16(3)12-14)24(22,23)21(6)13-17-7-9-18(10-8-17)20(4)5/h7-12H,13H2,1-6H3. The van der Waals surface area contributed by atoms with E-state index in [-0.39, 0.29) is 0 Å². The van der Waals surface area contributed by atoms with Gasteiger partial charge in [-0.25, -0.2) is 8.42 Å². The molecule has 0 bridgehead atoms. The lowest BCUT2D eigenvalue weighted by Gasteiger charge is -2.21. The predicted molar refractivity (Wildman–Crippen MR) is 100 cm³/mol. The van der Waals surface area contributed by atoms with Crippen LogP contribution in [0.2, 0.25) is 0 Å². The summed E-state index contributed by atoms with van der Waals surface area (Å²) in [6, 6.07) is 11.8. The summed E-state index contributed by atoms with van der Waals surface area (Å²) in [5, 5.41) is 0. The molecule has 0 unspecified atom stereocenters. The maximum absolute atomic E-state index is 13.0. The normalized spacial score (nSPS) is 11.8. The van der Waals surface area contributed by atoms with Crippen molar-refractivity contribution in [3.8, 4) is 0 Å². The molecule has 0 aliphatic rings. The minimum Gasteiger partial charge on any atom is -0.378 e. The summed E-state index contributed by atoms with van der Waals surface area (Å²) in [5.74, 6) is 0. The van der Waals surface area contributed by atoms with Crippen LogP contribution in [0.25, 0.3) is 0 Å². The van der Waals surface area contributed by atoms with Gasteiger partial charge in [0.1, 0.15) is 0 Å². The first-order chi connectivity index (χ1) is 11.1. The number of rotatable bonds is 5. The molecular formula is C19H26N2O2S. The number of aryl methyl sites for hydroxylation is 3. The highest BCUT2D eigenvalue weighted by molar-refractivity contribution is 7.89. The van der Waals surface area contributed by atoms with Gasteiger partial charge in [0.25, 0.3) is 0 Å². The van der Waals surface area contributed by atoms with E-state index in [0.29, 0.717) is 11.4 Å². The Balaban J connectivity index is 2.30. The molecule has 0 spiro atoms. The number of hydrogen-bond acceptors (Lipinski definition) is 3. The molecule has 0 aliphatic heterocycles. The lowest BCUT2D eigenvalue weighted by Crippen LogP contribution is -2.28. The molecule has 2 aromatic carbocycles. The third-order valence-electron chi connectivity index (χ3n) is 4.13. The zero-order valence-electron chi connectivity index (χ0n) is 15.3. The molecule has 4 nitrogen and oxygen atoms in total. The van der Waals surface area contributed by atoms with Crippen molar-refractivity contribution < 1.29 is 8.42 Å². The summed E-state index contributed by atoms with van der Waals surface area (Å²) in [7, 11) is 2.08. The summed E-state index contributed by atoms with van der Waals surface area (Å²) in [6.45, 7) is 6.04. The molecule has 0 amide bonds. The molecule has 130 valence electrons. The van der Waals surface area contributed by atoms with Gasteiger partial charge >= 0.3 is 0 Å². The van der Waals surface area contributed by atoms with Gasteiger partial charge in [-0.05, 0) is 49.6 Å². The zero-order chi connectivity index (χ0) is 18.1. The quantitative estimate of drug-likeness (QED) is 0.832. The Labute approximate surface area is 145 Å². The van der Waals surface area contributed by atoms with Crippen LogP contribution < -0.4 is 4.90 Å². The molecule has 0 atom stereocenters. The van der Waals surface area contributed by atoms with E-state index in [1.165, 1.54) is 4.31 Å². The molecule has 0 N–H and O–H groups in total. The first-order valence-corrected chi connectivity index (χ1v) is 9.37. The second kappa shape index (κ2) is 6.95. The van der Waals surface area contributed by atoms with Crippen LogP contribution >= 0.6 is 0 Å². The van der Waals surface area contributed by atoms with Crippen LogP contribution in [0.15, 0.2) is 41.3 Å². The van der Waals surface area contributed by atoms with Gasteiger partial charge in [0, 0.05) is 33.4 Å². The fourth-order valence-electron chi connectivity index (χ4n) is 2.97. The number of benzene rings is 2. The summed E-state index contributed by atoms with van der Waals surface area (Å²) in [4.78, 5) is 2.43. The largest absolute Gasteiger partial charge is 0.378 e. The van der Waals surface area contributed by atoms with Crippen LogP contribution in [0.4, 0.5) is 5.69 Å². The highest BCUT2D eigenvalue weighted by Gasteiger charge is 2.25. The fourth-order valence-corrected chi connectivity index (χ4v) is 4.53. The van der Waals surface area contributed by atoms with Crippen molar-refractivity contribution in [2.45, 2.75) is 32.2 Å². The second-order valence-electron chi connectivity index (χ2n) is 6.55. The molecule has 0 aliphatic carbocycles. The van der Waals surface area contributed by atoms with Crippen molar-refractivity contribution in [3.63, 3.8) is 0 Å². The Morgan fingerprint density at radius 2 is 1.38 bits per heavy atom.